The van der Waals surface area contributed by atoms with Crippen LogP contribution in [0.15, 0.2) is 36.2 Å². The quantitative estimate of drug-likeness (QED) is 0.271. The van der Waals surface area contributed by atoms with Crippen molar-refractivity contribution < 1.29 is 4.39 Å². The van der Waals surface area contributed by atoms with E-state index in [4.69, 9.17) is 5.26 Å². The molecule has 2 rings (SSSR count). The standard InChI is InChI=1S/C23H34FN/c1-2-19-8-10-21(11-9-19)16-17-22-14-12-20(13-15-22)6-4-3-5-7-23(24)18-25/h3,5,7,16-17,19-22H,2,4,6,8-15H2,1H3/b5-3+,17-16+,23-7-. The van der Waals surface area contributed by atoms with Gasteiger partial charge in [0.15, 0.2) is 5.83 Å². The molecule has 0 aromatic heterocycles. The normalized spacial score (nSPS) is 31.5. The molecule has 0 aliphatic heterocycles. The third kappa shape index (κ3) is 7.59. The fraction of sp³-hybridized carbons (Fsp3) is 0.696. The van der Waals surface area contributed by atoms with Gasteiger partial charge in [-0.15, -0.1) is 0 Å². The number of allylic oxidation sites excluding steroid dienone is 6. The van der Waals surface area contributed by atoms with Gasteiger partial charge in [0, 0.05) is 0 Å². The molecule has 2 fully saturated rings. The van der Waals surface area contributed by atoms with Crippen LogP contribution < -0.4 is 0 Å². The SMILES string of the molecule is CCC1CCC(/C=C/C2CCC(CC/C=C/C=C(\F)C#N)CC2)CC1. The molecule has 138 valence electrons. The fourth-order valence-electron chi connectivity index (χ4n) is 4.39. The van der Waals surface area contributed by atoms with Crippen LogP contribution in [0.3, 0.4) is 0 Å². The zero-order chi connectivity index (χ0) is 17.9. The minimum Gasteiger partial charge on any atom is -0.195 e. The van der Waals surface area contributed by atoms with Crippen molar-refractivity contribution in [2.45, 2.75) is 77.6 Å². The van der Waals surface area contributed by atoms with Gasteiger partial charge in [0.05, 0.1) is 0 Å². The van der Waals surface area contributed by atoms with E-state index >= 15 is 0 Å². The molecule has 0 heterocycles. The van der Waals surface area contributed by atoms with E-state index in [1.54, 1.807) is 6.08 Å². The lowest BCUT2D eigenvalue weighted by atomic mass is 9.78. The van der Waals surface area contributed by atoms with E-state index in [2.05, 4.69) is 19.1 Å². The lowest BCUT2D eigenvalue weighted by molar-refractivity contribution is 0.290. The minimum atomic E-state index is -0.716. The zero-order valence-corrected chi connectivity index (χ0v) is 15.8. The maximum Gasteiger partial charge on any atom is 0.199 e. The molecule has 2 saturated carbocycles. The molecular weight excluding hydrogens is 309 g/mol. The van der Waals surface area contributed by atoms with Crippen molar-refractivity contribution in [3.8, 4) is 6.07 Å². The van der Waals surface area contributed by atoms with Crippen molar-refractivity contribution in [1.29, 1.82) is 5.26 Å². The van der Waals surface area contributed by atoms with Gasteiger partial charge in [0.2, 0.25) is 0 Å². The number of nitriles is 1. The Bertz CT molecular complexity index is 495. The summed E-state index contributed by atoms with van der Waals surface area (Å²) in [5.74, 6) is 2.72. The Morgan fingerprint density at radius 1 is 0.960 bits per heavy atom. The molecule has 0 unspecified atom stereocenters. The maximum absolute atomic E-state index is 12.6. The molecule has 25 heavy (non-hydrogen) atoms. The van der Waals surface area contributed by atoms with Crippen LogP contribution in [-0.4, -0.2) is 0 Å². The summed E-state index contributed by atoms with van der Waals surface area (Å²) in [6, 6.07) is 1.49. The monoisotopic (exact) mass is 343 g/mol. The van der Waals surface area contributed by atoms with E-state index in [0.29, 0.717) is 0 Å². The van der Waals surface area contributed by atoms with Crippen molar-refractivity contribution in [2.75, 3.05) is 0 Å². The van der Waals surface area contributed by atoms with Crippen molar-refractivity contribution in [2.24, 2.45) is 23.7 Å². The predicted octanol–water partition coefficient (Wildman–Crippen LogP) is 7.28. The number of halogens is 1. The lowest BCUT2D eigenvalue weighted by Gasteiger charge is -2.28. The van der Waals surface area contributed by atoms with Gasteiger partial charge < -0.3 is 0 Å². The average Bonchev–Trinajstić information content (AvgIpc) is 2.67. The molecule has 0 aromatic rings. The molecule has 2 aliphatic carbocycles. The van der Waals surface area contributed by atoms with Gasteiger partial charge in [-0.2, -0.15) is 9.65 Å². The summed E-state index contributed by atoms with van der Waals surface area (Å²) < 4.78 is 12.6. The van der Waals surface area contributed by atoms with Crippen LogP contribution in [0.25, 0.3) is 0 Å². The Morgan fingerprint density at radius 3 is 2.04 bits per heavy atom. The molecule has 0 atom stereocenters. The Kier molecular flexibility index (Phi) is 9.02. The molecule has 0 radical (unpaired) electrons. The second-order valence-electron chi connectivity index (χ2n) is 7.99. The number of hydrogen-bond donors (Lipinski definition) is 0. The van der Waals surface area contributed by atoms with Crippen LogP contribution in [0.5, 0.6) is 0 Å². The predicted molar refractivity (Wildman–Crippen MR) is 104 cm³/mol. The van der Waals surface area contributed by atoms with Gasteiger partial charge in [-0.1, -0.05) is 37.6 Å². The topological polar surface area (TPSA) is 23.8 Å². The Hall–Kier alpha value is -1.36. The molecule has 0 amide bonds. The first-order chi connectivity index (χ1) is 12.2. The van der Waals surface area contributed by atoms with Crippen LogP contribution in [0.1, 0.15) is 77.6 Å². The first-order valence-corrected chi connectivity index (χ1v) is 10.3. The van der Waals surface area contributed by atoms with Crippen molar-refractivity contribution >= 4 is 0 Å². The highest BCUT2D eigenvalue weighted by Gasteiger charge is 2.21. The first-order valence-electron chi connectivity index (χ1n) is 10.3. The molecule has 0 saturated heterocycles. The highest BCUT2D eigenvalue weighted by molar-refractivity contribution is 5.18. The Labute approximate surface area is 153 Å². The third-order valence-electron chi connectivity index (χ3n) is 6.24. The second kappa shape index (κ2) is 11.3. The van der Waals surface area contributed by atoms with Crippen LogP contribution in [0.2, 0.25) is 0 Å². The Balaban J connectivity index is 1.60. The molecule has 2 heteroatoms. The maximum atomic E-state index is 12.6. The highest BCUT2D eigenvalue weighted by atomic mass is 19.1. The number of hydrogen-bond acceptors (Lipinski definition) is 1. The Morgan fingerprint density at radius 2 is 1.52 bits per heavy atom. The van der Waals surface area contributed by atoms with Gasteiger partial charge in [-0.3, -0.25) is 0 Å². The summed E-state index contributed by atoms with van der Waals surface area (Å²) in [5, 5.41) is 8.34. The molecule has 2 aliphatic rings. The molecule has 0 N–H and O–H groups in total. The minimum absolute atomic E-state index is 0.716. The van der Waals surface area contributed by atoms with Crippen molar-refractivity contribution in [1.82, 2.24) is 0 Å². The molecule has 0 bridgehead atoms. The highest BCUT2D eigenvalue weighted by Crippen LogP contribution is 2.35. The van der Waals surface area contributed by atoms with Gasteiger partial charge >= 0.3 is 0 Å². The summed E-state index contributed by atoms with van der Waals surface area (Å²) >= 11 is 0. The lowest BCUT2D eigenvalue weighted by Crippen LogP contribution is -2.14. The van der Waals surface area contributed by atoms with Gasteiger partial charge in [0.25, 0.3) is 0 Å². The summed E-state index contributed by atoms with van der Waals surface area (Å²) in [7, 11) is 0. The van der Waals surface area contributed by atoms with Gasteiger partial charge in [-0.05, 0) is 94.0 Å². The average molecular weight is 344 g/mol. The largest absolute Gasteiger partial charge is 0.199 e. The van der Waals surface area contributed by atoms with Crippen LogP contribution in [0.4, 0.5) is 4.39 Å². The van der Waals surface area contributed by atoms with Crippen molar-refractivity contribution in [3.05, 3.63) is 36.2 Å². The summed E-state index contributed by atoms with van der Waals surface area (Å²) in [6.07, 6.45) is 24.5. The van der Waals surface area contributed by atoms with Gasteiger partial charge in [-0.25, -0.2) is 0 Å². The van der Waals surface area contributed by atoms with Crippen molar-refractivity contribution in [3.63, 3.8) is 0 Å². The summed E-state index contributed by atoms with van der Waals surface area (Å²) in [5.41, 5.74) is 0. The van der Waals surface area contributed by atoms with Gasteiger partial charge in [0.1, 0.15) is 6.07 Å². The smallest absolute Gasteiger partial charge is 0.195 e. The van der Waals surface area contributed by atoms with E-state index in [9.17, 15) is 4.39 Å². The summed E-state index contributed by atoms with van der Waals surface area (Å²) in [6.45, 7) is 2.33. The number of rotatable bonds is 7. The zero-order valence-electron chi connectivity index (χ0n) is 15.8. The summed E-state index contributed by atoms with van der Waals surface area (Å²) in [4.78, 5) is 0. The van der Waals surface area contributed by atoms with Crippen LogP contribution in [-0.2, 0) is 0 Å². The van der Waals surface area contributed by atoms with E-state index in [-0.39, 0.29) is 0 Å². The van der Waals surface area contributed by atoms with Crippen LogP contribution >= 0.6 is 0 Å². The second-order valence-corrected chi connectivity index (χ2v) is 7.99. The van der Waals surface area contributed by atoms with Crippen LogP contribution in [0, 0.1) is 35.0 Å². The fourth-order valence-corrected chi connectivity index (χ4v) is 4.39. The van der Waals surface area contributed by atoms with E-state index < -0.39 is 5.83 Å². The van der Waals surface area contributed by atoms with E-state index in [1.165, 1.54) is 76.4 Å². The number of nitrogens with zero attached hydrogens (tertiary/aromatic N) is 1. The molecule has 0 aromatic carbocycles. The molecular formula is C23H34FN. The molecule has 1 nitrogen and oxygen atoms in total. The van der Waals surface area contributed by atoms with E-state index in [0.717, 1.165) is 30.1 Å². The molecule has 0 spiro atoms. The third-order valence-corrected chi connectivity index (χ3v) is 6.24. The van der Waals surface area contributed by atoms with E-state index in [1.807, 2.05) is 6.08 Å². The first kappa shape index (κ1) is 20.0.